The summed E-state index contributed by atoms with van der Waals surface area (Å²) in [6.07, 6.45) is 3.50. The van der Waals surface area contributed by atoms with Crippen LogP contribution in [0.5, 0.6) is 0 Å². The molecule has 21 heavy (non-hydrogen) atoms. The van der Waals surface area contributed by atoms with Crippen molar-refractivity contribution in [2.75, 3.05) is 0 Å². The minimum atomic E-state index is 0.767. The highest BCUT2D eigenvalue weighted by Gasteiger charge is 2.14. The maximum atomic E-state index is 5.18. The average Bonchev–Trinajstić information content (AvgIpc) is 3.02. The molecular formula is C14H15N5OS. The average molecular weight is 301 g/mol. The maximum absolute atomic E-state index is 5.18. The van der Waals surface area contributed by atoms with Crippen LogP contribution in [0.3, 0.4) is 0 Å². The molecule has 0 unspecified atom stereocenters. The monoisotopic (exact) mass is 301 g/mol. The van der Waals surface area contributed by atoms with E-state index in [9.17, 15) is 0 Å². The summed E-state index contributed by atoms with van der Waals surface area (Å²) >= 11 is 1.62. The molecule has 3 heterocycles. The molecule has 3 aromatic rings. The van der Waals surface area contributed by atoms with E-state index in [-0.39, 0.29) is 0 Å². The van der Waals surface area contributed by atoms with Crippen LogP contribution in [0.2, 0.25) is 0 Å². The summed E-state index contributed by atoms with van der Waals surface area (Å²) in [4.78, 5) is 4.02. The van der Waals surface area contributed by atoms with E-state index < -0.39 is 0 Å². The Labute approximate surface area is 126 Å². The van der Waals surface area contributed by atoms with Crippen molar-refractivity contribution >= 4 is 11.8 Å². The largest absolute Gasteiger partial charge is 0.361 e. The van der Waals surface area contributed by atoms with E-state index in [1.165, 1.54) is 0 Å². The van der Waals surface area contributed by atoms with Crippen molar-refractivity contribution in [3.8, 4) is 11.4 Å². The highest BCUT2D eigenvalue weighted by Crippen LogP contribution is 2.27. The molecule has 0 N–H and O–H groups in total. The van der Waals surface area contributed by atoms with E-state index in [0.29, 0.717) is 0 Å². The Morgan fingerprint density at radius 1 is 1.19 bits per heavy atom. The van der Waals surface area contributed by atoms with Gasteiger partial charge in [0, 0.05) is 36.3 Å². The van der Waals surface area contributed by atoms with Gasteiger partial charge < -0.3 is 9.09 Å². The van der Waals surface area contributed by atoms with E-state index in [2.05, 4.69) is 20.3 Å². The quantitative estimate of drug-likeness (QED) is 0.690. The van der Waals surface area contributed by atoms with Crippen molar-refractivity contribution in [2.24, 2.45) is 7.05 Å². The minimum Gasteiger partial charge on any atom is -0.361 e. The first-order valence-electron chi connectivity index (χ1n) is 6.51. The Morgan fingerprint density at radius 2 is 1.95 bits per heavy atom. The van der Waals surface area contributed by atoms with Crippen LogP contribution in [-0.4, -0.2) is 24.9 Å². The zero-order valence-electron chi connectivity index (χ0n) is 12.1. The second kappa shape index (κ2) is 5.69. The van der Waals surface area contributed by atoms with Gasteiger partial charge in [0.05, 0.1) is 5.69 Å². The number of hydrogen-bond acceptors (Lipinski definition) is 6. The molecule has 0 spiro atoms. The third kappa shape index (κ3) is 2.69. The molecule has 7 heteroatoms. The Hall–Kier alpha value is -2.15. The molecule has 0 aliphatic heterocycles. The van der Waals surface area contributed by atoms with Crippen molar-refractivity contribution in [1.29, 1.82) is 0 Å². The van der Waals surface area contributed by atoms with Gasteiger partial charge in [-0.1, -0.05) is 16.9 Å². The molecule has 0 fully saturated rings. The van der Waals surface area contributed by atoms with Crippen molar-refractivity contribution < 1.29 is 4.52 Å². The van der Waals surface area contributed by atoms with Crippen LogP contribution in [0.4, 0.5) is 0 Å². The Balaban J connectivity index is 1.80. The van der Waals surface area contributed by atoms with Gasteiger partial charge in [-0.3, -0.25) is 4.98 Å². The van der Waals surface area contributed by atoms with Crippen LogP contribution >= 0.6 is 11.8 Å². The van der Waals surface area contributed by atoms with Crippen molar-refractivity contribution in [3.05, 3.63) is 41.5 Å². The lowest BCUT2D eigenvalue weighted by Gasteiger charge is -2.03. The molecule has 0 aliphatic carbocycles. The summed E-state index contributed by atoms with van der Waals surface area (Å²) in [6.45, 7) is 3.88. The van der Waals surface area contributed by atoms with Gasteiger partial charge in [-0.2, -0.15) is 0 Å². The summed E-state index contributed by atoms with van der Waals surface area (Å²) in [6, 6.07) is 3.85. The molecule has 108 valence electrons. The predicted molar refractivity (Wildman–Crippen MR) is 79.8 cm³/mol. The van der Waals surface area contributed by atoms with Crippen molar-refractivity contribution in [2.45, 2.75) is 24.8 Å². The SMILES string of the molecule is Cc1noc(C)c1CSc1nnc(-c2ccncc2)n1C. The molecule has 0 saturated carbocycles. The number of aromatic nitrogens is 5. The lowest BCUT2D eigenvalue weighted by atomic mass is 10.2. The fraction of sp³-hybridized carbons (Fsp3) is 0.286. The van der Waals surface area contributed by atoms with Crippen LogP contribution in [-0.2, 0) is 12.8 Å². The van der Waals surface area contributed by atoms with E-state index in [1.54, 1.807) is 24.2 Å². The normalized spacial score (nSPS) is 11.0. The van der Waals surface area contributed by atoms with E-state index in [1.807, 2.05) is 37.6 Å². The topological polar surface area (TPSA) is 69.6 Å². The van der Waals surface area contributed by atoms with Gasteiger partial charge in [-0.15, -0.1) is 10.2 Å². The van der Waals surface area contributed by atoms with Gasteiger partial charge in [0.25, 0.3) is 0 Å². The van der Waals surface area contributed by atoms with Gasteiger partial charge in [-0.25, -0.2) is 0 Å². The standard InChI is InChI=1S/C14H15N5OS/c1-9-12(10(2)20-18-9)8-21-14-17-16-13(19(14)3)11-4-6-15-7-5-11/h4-7H,8H2,1-3H3. The first kappa shape index (κ1) is 13.8. The summed E-state index contributed by atoms with van der Waals surface area (Å²) in [5.74, 6) is 2.46. The second-order valence-electron chi connectivity index (χ2n) is 4.69. The van der Waals surface area contributed by atoms with Gasteiger partial charge in [0.15, 0.2) is 11.0 Å². The zero-order valence-corrected chi connectivity index (χ0v) is 12.9. The molecule has 0 aromatic carbocycles. The molecule has 0 bridgehead atoms. The first-order valence-corrected chi connectivity index (χ1v) is 7.49. The highest BCUT2D eigenvalue weighted by atomic mass is 32.2. The van der Waals surface area contributed by atoms with Crippen LogP contribution in [0.15, 0.2) is 34.2 Å². The van der Waals surface area contributed by atoms with Gasteiger partial charge in [0.2, 0.25) is 0 Å². The maximum Gasteiger partial charge on any atom is 0.191 e. The third-order valence-electron chi connectivity index (χ3n) is 3.30. The number of thioether (sulfide) groups is 1. The molecule has 0 saturated heterocycles. The highest BCUT2D eigenvalue weighted by molar-refractivity contribution is 7.98. The zero-order chi connectivity index (χ0) is 14.8. The number of nitrogens with zero attached hydrogens (tertiary/aromatic N) is 5. The van der Waals surface area contributed by atoms with Crippen molar-refractivity contribution in [1.82, 2.24) is 24.9 Å². The summed E-state index contributed by atoms with van der Waals surface area (Å²) in [7, 11) is 1.96. The molecule has 3 aromatic heterocycles. The fourth-order valence-electron chi connectivity index (χ4n) is 2.04. The molecule has 3 rings (SSSR count). The summed E-state index contributed by atoms with van der Waals surface area (Å²) < 4.78 is 7.16. The third-order valence-corrected chi connectivity index (χ3v) is 4.35. The molecule has 0 radical (unpaired) electrons. The predicted octanol–water partition coefficient (Wildman–Crippen LogP) is 2.77. The summed E-state index contributed by atoms with van der Waals surface area (Å²) in [5, 5.41) is 13.3. The Kier molecular flexibility index (Phi) is 3.74. The Morgan fingerprint density at radius 3 is 2.62 bits per heavy atom. The lowest BCUT2D eigenvalue weighted by molar-refractivity contribution is 0.392. The van der Waals surface area contributed by atoms with Crippen molar-refractivity contribution in [3.63, 3.8) is 0 Å². The number of aryl methyl sites for hydroxylation is 2. The van der Waals surface area contributed by atoms with Crippen LogP contribution in [0, 0.1) is 13.8 Å². The van der Waals surface area contributed by atoms with Gasteiger partial charge in [-0.05, 0) is 26.0 Å². The fourth-order valence-corrected chi connectivity index (χ4v) is 3.10. The molecule has 0 aliphatic rings. The Bertz CT molecular complexity index is 731. The molecule has 0 atom stereocenters. The van der Waals surface area contributed by atoms with E-state index in [0.717, 1.165) is 39.3 Å². The van der Waals surface area contributed by atoms with Crippen LogP contribution in [0.1, 0.15) is 17.0 Å². The van der Waals surface area contributed by atoms with Crippen LogP contribution < -0.4 is 0 Å². The number of pyridine rings is 1. The number of hydrogen-bond donors (Lipinski definition) is 0. The first-order chi connectivity index (χ1) is 10.2. The summed E-state index contributed by atoms with van der Waals surface area (Å²) in [5.41, 5.74) is 3.05. The lowest BCUT2D eigenvalue weighted by Crippen LogP contribution is -1.95. The minimum absolute atomic E-state index is 0.767. The smallest absolute Gasteiger partial charge is 0.191 e. The van der Waals surface area contributed by atoms with E-state index in [4.69, 9.17) is 4.52 Å². The van der Waals surface area contributed by atoms with Crippen LogP contribution in [0.25, 0.3) is 11.4 Å². The second-order valence-corrected chi connectivity index (χ2v) is 5.63. The van der Waals surface area contributed by atoms with E-state index >= 15 is 0 Å². The molecular weight excluding hydrogens is 286 g/mol. The molecule has 0 amide bonds. The van der Waals surface area contributed by atoms with Gasteiger partial charge in [0.1, 0.15) is 5.76 Å². The number of rotatable bonds is 4. The molecule has 6 nitrogen and oxygen atoms in total. The van der Waals surface area contributed by atoms with Gasteiger partial charge >= 0.3 is 0 Å².